The van der Waals surface area contributed by atoms with Crippen LogP contribution >= 0.6 is 0 Å². The van der Waals surface area contributed by atoms with Crippen LogP contribution in [-0.4, -0.2) is 24.1 Å². The first-order chi connectivity index (χ1) is 7.28. The van der Waals surface area contributed by atoms with Crippen LogP contribution in [0.2, 0.25) is 0 Å². The number of ether oxygens (including phenoxy) is 2. The Labute approximate surface area is 96.3 Å². The van der Waals surface area contributed by atoms with Gasteiger partial charge < -0.3 is 9.47 Å². The monoisotopic (exact) mass is 228 g/mol. The molecule has 1 rings (SSSR count). The predicted octanol–water partition coefficient (Wildman–Crippen LogP) is 2.06. The van der Waals surface area contributed by atoms with E-state index >= 15 is 0 Å². The molecule has 4 nitrogen and oxygen atoms in total. The van der Waals surface area contributed by atoms with Gasteiger partial charge in [0.2, 0.25) is 6.29 Å². The van der Waals surface area contributed by atoms with Crippen molar-refractivity contribution in [1.29, 1.82) is 0 Å². The first-order valence-corrected chi connectivity index (χ1v) is 5.63. The van der Waals surface area contributed by atoms with Gasteiger partial charge in [-0.2, -0.15) is 0 Å². The number of carbonyl (C=O) groups excluding carboxylic acids is 2. The molecule has 1 saturated heterocycles. The van der Waals surface area contributed by atoms with E-state index in [9.17, 15) is 9.59 Å². The van der Waals surface area contributed by atoms with Crippen LogP contribution in [0.3, 0.4) is 0 Å². The van der Waals surface area contributed by atoms with Crippen LogP contribution in [0.15, 0.2) is 0 Å². The van der Waals surface area contributed by atoms with Crippen LogP contribution in [-0.2, 0) is 19.1 Å². The molecule has 16 heavy (non-hydrogen) atoms. The fourth-order valence-electron chi connectivity index (χ4n) is 1.75. The summed E-state index contributed by atoms with van der Waals surface area (Å²) in [6.45, 7) is 7.39. The minimum Gasteiger partial charge on any atom is -0.436 e. The lowest BCUT2D eigenvalue weighted by Crippen LogP contribution is -2.26. The van der Waals surface area contributed by atoms with E-state index in [0.29, 0.717) is 19.3 Å². The van der Waals surface area contributed by atoms with Gasteiger partial charge >= 0.3 is 5.97 Å². The molecule has 1 aliphatic rings. The molecule has 0 aromatic rings. The number of carbonyl (C=O) groups is 2. The third-order valence-electron chi connectivity index (χ3n) is 2.34. The van der Waals surface area contributed by atoms with E-state index in [-0.39, 0.29) is 17.2 Å². The van der Waals surface area contributed by atoms with Gasteiger partial charge in [-0.25, -0.2) is 0 Å². The zero-order valence-corrected chi connectivity index (χ0v) is 10.4. The van der Waals surface area contributed by atoms with Gasteiger partial charge in [0.15, 0.2) is 5.78 Å². The molecule has 2 atom stereocenters. The third kappa shape index (κ3) is 4.31. The second-order valence-electron chi connectivity index (χ2n) is 5.44. The van der Waals surface area contributed by atoms with Gasteiger partial charge in [0, 0.05) is 19.8 Å². The highest BCUT2D eigenvalue weighted by Gasteiger charge is 2.33. The van der Waals surface area contributed by atoms with E-state index in [1.165, 1.54) is 6.92 Å². The lowest BCUT2D eigenvalue weighted by atomic mass is 9.88. The Morgan fingerprint density at radius 1 is 1.31 bits per heavy atom. The van der Waals surface area contributed by atoms with Crippen molar-refractivity contribution < 1.29 is 19.1 Å². The van der Waals surface area contributed by atoms with Crippen molar-refractivity contribution in [2.75, 3.05) is 0 Å². The van der Waals surface area contributed by atoms with E-state index in [4.69, 9.17) is 9.47 Å². The standard InChI is InChI=1S/C12H20O4/c1-8(13)15-11-6-5-10(16-11)9(14)7-12(2,3)4/h10-11H,5-7H2,1-4H3/t10-,11+/m0/s1. The normalized spacial score (nSPS) is 25.5. The molecular weight excluding hydrogens is 208 g/mol. The van der Waals surface area contributed by atoms with Gasteiger partial charge in [0.25, 0.3) is 0 Å². The second kappa shape index (κ2) is 4.95. The molecule has 0 amide bonds. The maximum atomic E-state index is 11.8. The van der Waals surface area contributed by atoms with Crippen LogP contribution in [0.4, 0.5) is 0 Å². The molecule has 4 heteroatoms. The van der Waals surface area contributed by atoms with E-state index in [1.807, 2.05) is 20.8 Å². The van der Waals surface area contributed by atoms with Crippen molar-refractivity contribution in [1.82, 2.24) is 0 Å². The van der Waals surface area contributed by atoms with Crippen LogP contribution < -0.4 is 0 Å². The quantitative estimate of drug-likeness (QED) is 0.694. The predicted molar refractivity (Wildman–Crippen MR) is 58.7 cm³/mol. The Hall–Kier alpha value is -0.900. The smallest absolute Gasteiger partial charge is 0.304 e. The number of hydrogen-bond donors (Lipinski definition) is 0. The van der Waals surface area contributed by atoms with Crippen molar-refractivity contribution in [2.45, 2.75) is 59.4 Å². The van der Waals surface area contributed by atoms with Gasteiger partial charge in [-0.15, -0.1) is 0 Å². The van der Waals surface area contributed by atoms with Crippen molar-refractivity contribution in [3.05, 3.63) is 0 Å². The van der Waals surface area contributed by atoms with Gasteiger partial charge in [-0.05, 0) is 11.8 Å². The molecule has 0 unspecified atom stereocenters. The lowest BCUT2D eigenvalue weighted by Gasteiger charge is -2.19. The van der Waals surface area contributed by atoms with Crippen molar-refractivity contribution in [3.8, 4) is 0 Å². The minimum atomic E-state index is -0.536. The maximum absolute atomic E-state index is 11.8. The summed E-state index contributed by atoms with van der Waals surface area (Å²) in [6, 6.07) is 0. The molecule has 0 aromatic heterocycles. The fourth-order valence-corrected chi connectivity index (χ4v) is 1.75. The van der Waals surface area contributed by atoms with Crippen molar-refractivity contribution in [2.24, 2.45) is 5.41 Å². The van der Waals surface area contributed by atoms with Crippen LogP contribution in [0.1, 0.15) is 47.0 Å². The van der Waals surface area contributed by atoms with E-state index in [1.54, 1.807) is 0 Å². The van der Waals surface area contributed by atoms with Crippen molar-refractivity contribution in [3.63, 3.8) is 0 Å². The molecule has 0 N–H and O–H groups in total. The Bertz CT molecular complexity index is 277. The average Bonchev–Trinajstić information content (AvgIpc) is 2.48. The molecule has 1 fully saturated rings. The Kier molecular flexibility index (Phi) is 4.08. The largest absolute Gasteiger partial charge is 0.436 e. The highest BCUT2D eigenvalue weighted by Crippen LogP contribution is 2.26. The summed E-state index contributed by atoms with van der Waals surface area (Å²) in [6.07, 6.45) is 0.812. The average molecular weight is 228 g/mol. The first-order valence-electron chi connectivity index (χ1n) is 5.63. The second-order valence-corrected chi connectivity index (χ2v) is 5.44. The highest BCUT2D eigenvalue weighted by molar-refractivity contribution is 5.83. The number of rotatable bonds is 3. The van der Waals surface area contributed by atoms with Crippen LogP contribution in [0.5, 0.6) is 0 Å². The van der Waals surface area contributed by atoms with Crippen molar-refractivity contribution >= 4 is 11.8 Å². The molecule has 1 heterocycles. The summed E-state index contributed by atoms with van der Waals surface area (Å²) in [4.78, 5) is 22.5. The molecule has 1 aliphatic heterocycles. The number of Topliss-reactive ketones (excluding diaryl/α,β-unsaturated/α-hetero) is 1. The highest BCUT2D eigenvalue weighted by atomic mass is 16.7. The van der Waals surface area contributed by atoms with Crippen LogP contribution in [0, 0.1) is 5.41 Å². The van der Waals surface area contributed by atoms with Gasteiger partial charge in [-0.1, -0.05) is 20.8 Å². The maximum Gasteiger partial charge on any atom is 0.304 e. The minimum absolute atomic E-state index is 0.0278. The Morgan fingerprint density at radius 3 is 2.44 bits per heavy atom. The SMILES string of the molecule is CC(=O)O[C@H]1CC[C@@H](C(=O)CC(C)(C)C)O1. The zero-order chi connectivity index (χ0) is 12.3. The molecule has 0 bridgehead atoms. The first kappa shape index (κ1) is 13.2. The molecule has 0 aliphatic carbocycles. The molecule has 0 saturated carbocycles. The fraction of sp³-hybridized carbons (Fsp3) is 0.833. The number of hydrogen-bond acceptors (Lipinski definition) is 4. The number of esters is 1. The van der Waals surface area contributed by atoms with E-state index < -0.39 is 12.4 Å². The summed E-state index contributed by atoms with van der Waals surface area (Å²) in [5.41, 5.74) is -0.0278. The Balaban J connectivity index is 2.41. The van der Waals surface area contributed by atoms with Crippen LogP contribution in [0.25, 0.3) is 0 Å². The zero-order valence-electron chi connectivity index (χ0n) is 10.4. The summed E-state index contributed by atoms with van der Waals surface area (Å²) >= 11 is 0. The van der Waals surface area contributed by atoms with Gasteiger partial charge in [-0.3, -0.25) is 9.59 Å². The molecule has 0 aromatic carbocycles. The summed E-state index contributed by atoms with van der Waals surface area (Å²) in [5, 5.41) is 0. The van der Waals surface area contributed by atoms with E-state index in [2.05, 4.69) is 0 Å². The van der Waals surface area contributed by atoms with Gasteiger partial charge in [0.1, 0.15) is 6.10 Å². The topological polar surface area (TPSA) is 52.6 Å². The summed E-state index contributed by atoms with van der Waals surface area (Å²) < 4.78 is 10.3. The van der Waals surface area contributed by atoms with Gasteiger partial charge in [0.05, 0.1) is 0 Å². The summed E-state index contributed by atoms with van der Waals surface area (Å²) in [7, 11) is 0. The third-order valence-corrected chi connectivity index (χ3v) is 2.34. The molecular formula is C12H20O4. The number of ketones is 1. The summed E-state index contributed by atoms with van der Waals surface area (Å²) in [5.74, 6) is -0.268. The Morgan fingerprint density at radius 2 is 1.94 bits per heavy atom. The molecule has 0 radical (unpaired) electrons. The molecule has 0 spiro atoms. The lowest BCUT2D eigenvalue weighted by molar-refractivity contribution is -0.175. The van der Waals surface area contributed by atoms with E-state index in [0.717, 1.165) is 0 Å². The molecule has 92 valence electrons.